The number of hydrogen-bond donors (Lipinski definition) is 8. The molecule has 0 unspecified atom stereocenters. The molecular formula is C19H18O32S7. The standard InChI is InChI=1S/C19H18O32S7/c20-14-5-1-7(46-53(25,26)27)8(47-54(28,29)30)2-6(5)44-9-3-10(48-55(31,32)33)13(15(21)12(9)14)17-19(51-58(40,41)42)18(50-57(37,38)39)16(49-56(34,35)36)11(45-17)4-43-52(22,23)24/h1-3,11,16-19,21H,4H2,(H,22,23,24)(H,25,26,27)(H,28,29,30)(H,31,32,33)(H,34,35,36)(H,37,38,39)(H,40,41,42)/t11-,16-,17+,18+,19+/m1/s1. The van der Waals surface area contributed by atoms with Crippen LogP contribution in [0, 0.1) is 0 Å². The summed E-state index contributed by atoms with van der Waals surface area (Å²) in [6.07, 6.45) is -15.6. The number of ether oxygens (including phenoxy) is 1. The van der Waals surface area contributed by atoms with E-state index in [-0.39, 0.29) is 18.2 Å². The van der Waals surface area contributed by atoms with Crippen molar-refractivity contribution in [3.8, 4) is 23.0 Å². The van der Waals surface area contributed by atoms with Crippen LogP contribution in [0.15, 0.2) is 27.4 Å². The van der Waals surface area contributed by atoms with Crippen LogP contribution in [0.3, 0.4) is 0 Å². The lowest BCUT2D eigenvalue weighted by Gasteiger charge is -2.43. The summed E-state index contributed by atoms with van der Waals surface area (Å²) in [6.45, 7) is -1.86. The van der Waals surface area contributed by atoms with E-state index in [1.807, 2.05) is 0 Å². The van der Waals surface area contributed by atoms with Crippen LogP contribution in [0.2, 0.25) is 0 Å². The summed E-state index contributed by atoms with van der Waals surface area (Å²) in [7, 11) is -41.1. The summed E-state index contributed by atoms with van der Waals surface area (Å²) in [5.41, 5.74) is -5.47. The molecule has 1 aliphatic rings. The molecule has 0 saturated carbocycles. The highest BCUT2D eigenvalue weighted by atomic mass is 32.3. The molecule has 4 rings (SSSR count). The number of fused-ring (bicyclic) bond motifs is 2. The predicted molar refractivity (Wildman–Crippen MR) is 173 cm³/mol. The summed E-state index contributed by atoms with van der Waals surface area (Å²) < 4.78 is 269. The maximum Gasteiger partial charge on any atom is 0.446 e. The lowest BCUT2D eigenvalue weighted by molar-refractivity contribution is -0.211. The highest BCUT2D eigenvalue weighted by Crippen LogP contribution is 2.48. The zero-order chi connectivity index (χ0) is 44.4. The number of aromatic hydroxyl groups is 1. The third-order valence-corrected chi connectivity index (χ3v) is 9.59. The van der Waals surface area contributed by atoms with Crippen LogP contribution in [0.5, 0.6) is 23.0 Å². The normalized spacial score (nSPS) is 21.5. The van der Waals surface area contributed by atoms with Crippen LogP contribution in [-0.4, -0.2) is 127 Å². The Labute approximate surface area is 322 Å². The second kappa shape index (κ2) is 15.7. The lowest BCUT2D eigenvalue weighted by Crippen LogP contribution is -2.59. The van der Waals surface area contributed by atoms with Gasteiger partial charge in [-0.2, -0.15) is 58.9 Å². The SMILES string of the molecule is O=c1c2cc(OS(=O)(=O)O)c(OS(=O)(=O)O)cc2oc2cc(OS(=O)(=O)O)c([C@@H]3O[C@H](COS(=O)(=O)O)[C@@H](OS(=O)(=O)O)[C@H](OS(=O)(=O)O)[C@H]3OS(=O)(=O)O)c(O)c12. The molecule has 0 spiro atoms. The van der Waals surface area contributed by atoms with E-state index in [0.717, 1.165) is 0 Å². The Bertz CT molecular complexity index is 3010. The number of hydrogen-bond acceptors (Lipinski definition) is 25. The monoisotopic (exact) mass is 982 g/mol. The van der Waals surface area contributed by atoms with Crippen molar-refractivity contribution < 1.29 is 134 Å². The highest BCUT2D eigenvalue weighted by Gasteiger charge is 2.55. The Morgan fingerprint density at radius 3 is 1.43 bits per heavy atom. The molecule has 2 heterocycles. The second-order valence-corrected chi connectivity index (χ2v) is 17.8. The fraction of sp³-hybridized carbons (Fsp3) is 0.316. The van der Waals surface area contributed by atoms with Crippen molar-refractivity contribution in [3.05, 3.63) is 34.0 Å². The van der Waals surface area contributed by atoms with Crippen LogP contribution in [-0.2, 0) is 94.3 Å². The third-order valence-electron chi connectivity index (χ3n) is 6.59. The first-order chi connectivity index (χ1) is 25.9. The smallest absolute Gasteiger partial charge is 0.446 e. The summed E-state index contributed by atoms with van der Waals surface area (Å²) in [6, 6.07) is 0.626. The predicted octanol–water partition coefficient (Wildman–Crippen LogP) is -2.98. The van der Waals surface area contributed by atoms with Crippen molar-refractivity contribution in [2.45, 2.75) is 30.5 Å². The molecule has 0 amide bonds. The van der Waals surface area contributed by atoms with E-state index in [4.69, 9.17) is 22.8 Å². The van der Waals surface area contributed by atoms with Gasteiger partial charge in [-0.05, 0) is 0 Å². The highest BCUT2D eigenvalue weighted by molar-refractivity contribution is 7.82. The van der Waals surface area contributed by atoms with Crippen molar-refractivity contribution in [2.75, 3.05) is 6.61 Å². The molecule has 0 bridgehead atoms. The Morgan fingerprint density at radius 1 is 0.534 bits per heavy atom. The van der Waals surface area contributed by atoms with Crippen molar-refractivity contribution >= 4 is 94.7 Å². The van der Waals surface area contributed by atoms with Crippen molar-refractivity contribution in [2.24, 2.45) is 0 Å². The van der Waals surface area contributed by atoms with Crippen molar-refractivity contribution in [1.82, 2.24) is 0 Å². The Balaban J connectivity index is 2.20. The molecule has 0 radical (unpaired) electrons. The fourth-order valence-corrected chi connectivity index (χ4v) is 7.88. The molecule has 32 nitrogen and oxygen atoms in total. The van der Waals surface area contributed by atoms with Crippen LogP contribution in [0.25, 0.3) is 21.9 Å². The van der Waals surface area contributed by atoms with E-state index in [0.29, 0.717) is 0 Å². The third kappa shape index (κ3) is 12.6. The minimum absolute atomic E-state index is 0.155. The quantitative estimate of drug-likeness (QED) is 0.0524. The molecule has 3 aromatic rings. The van der Waals surface area contributed by atoms with Gasteiger partial charge in [-0.1, -0.05) is 0 Å². The first-order valence-corrected chi connectivity index (χ1v) is 23.0. The number of phenolic OH excluding ortho intramolecular Hbond substituents is 1. The minimum Gasteiger partial charge on any atom is -0.506 e. The first-order valence-electron chi connectivity index (χ1n) is 13.5. The number of benzene rings is 2. The molecule has 328 valence electrons. The second-order valence-electron chi connectivity index (χ2n) is 10.5. The van der Waals surface area contributed by atoms with Gasteiger partial charge in [0, 0.05) is 18.2 Å². The molecule has 0 aliphatic carbocycles. The van der Waals surface area contributed by atoms with Crippen molar-refractivity contribution in [3.63, 3.8) is 0 Å². The lowest BCUT2D eigenvalue weighted by atomic mass is 9.89. The summed E-state index contributed by atoms with van der Waals surface area (Å²) >= 11 is 0. The molecule has 39 heteroatoms. The molecule has 1 aliphatic heterocycles. The van der Waals surface area contributed by atoms with Crippen LogP contribution < -0.4 is 18.0 Å². The fourth-order valence-electron chi connectivity index (χ4n) is 4.99. The molecule has 1 aromatic heterocycles. The van der Waals surface area contributed by atoms with Gasteiger partial charge in [-0.3, -0.25) is 36.7 Å². The maximum absolute atomic E-state index is 13.8. The van der Waals surface area contributed by atoms with Gasteiger partial charge in [0.25, 0.3) is 0 Å². The van der Waals surface area contributed by atoms with Crippen molar-refractivity contribution in [1.29, 1.82) is 0 Å². The van der Waals surface area contributed by atoms with Gasteiger partial charge in [-0.15, -0.1) is 0 Å². The van der Waals surface area contributed by atoms with E-state index in [1.165, 1.54) is 0 Å². The molecule has 5 atom stereocenters. The Kier molecular flexibility index (Phi) is 12.7. The molecule has 1 saturated heterocycles. The Morgan fingerprint density at radius 2 is 0.966 bits per heavy atom. The van der Waals surface area contributed by atoms with Gasteiger partial charge >= 0.3 is 72.8 Å². The molecule has 1 fully saturated rings. The van der Waals surface area contributed by atoms with Crippen LogP contribution >= 0.6 is 0 Å². The van der Waals surface area contributed by atoms with Gasteiger partial charge in [0.2, 0.25) is 5.43 Å². The maximum atomic E-state index is 13.8. The first kappa shape index (κ1) is 47.0. The summed E-state index contributed by atoms with van der Waals surface area (Å²) in [5.74, 6) is -6.31. The Hall–Kier alpha value is -3.72. The molecule has 8 N–H and O–H groups in total. The number of rotatable bonds is 16. The largest absolute Gasteiger partial charge is 0.506 e. The van der Waals surface area contributed by atoms with Gasteiger partial charge in [0.15, 0.2) is 17.2 Å². The van der Waals surface area contributed by atoms with Gasteiger partial charge in [-0.25, -0.2) is 16.7 Å². The molecule has 2 aromatic carbocycles. The van der Waals surface area contributed by atoms with Gasteiger partial charge in [0.1, 0.15) is 52.8 Å². The van der Waals surface area contributed by atoms with Gasteiger partial charge < -0.3 is 26.8 Å². The average molecular weight is 983 g/mol. The van der Waals surface area contributed by atoms with E-state index in [9.17, 15) is 87.0 Å². The van der Waals surface area contributed by atoms with E-state index >= 15 is 0 Å². The number of phenols is 1. The summed E-state index contributed by atoms with van der Waals surface area (Å²) in [5, 5.41) is 9.10. The zero-order valence-corrected chi connectivity index (χ0v) is 32.3. The van der Waals surface area contributed by atoms with E-state index in [1.54, 1.807) is 0 Å². The minimum atomic E-state index is -6.15. The van der Waals surface area contributed by atoms with Gasteiger partial charge in [0.05, 0.1) is 17.6 Å². The van der Waals surface area contributed by atoms with Crippen LogP contribution in [0.4, 0.5) is 0 Å². The van der Waals surface area contributed by atoms with E-state index in [2.05, 4.69) is 29.3 Å². The zero-order valence-electron chi connectivity index (χ0n) is 26.6. The van der Waals surface area contributed by atoms with E-state index < -0.39 is 166 Å². The molecular weight excluding hydrogens is 965 g/mol. The average Bonchev–Trinajstić information content (AvgIpc) is 2.95. The summed E-state index contributed by atoms with van der Waals surface area (Å²) in [4.78, 5) is 13.8. The molecule has 58 heavy (non-hydrogen) atoms. The van der Waals surface area contributed by atoms with Crippen LogP contribution in [0.1, 0.15) is 11.7 Å². The topological polar surface area (TPSA) is 505 Å².